The minimum absolute atomic E-state index is 0.0913. The second-order valence-corrected chi connectivity index (χ2v) is 12.4. The minimum Gasteiger partial charge on any atom is -0.464 e. The van der Waals surface area contributed by atoms with Gasteiger partial charge in [0.25, 0.3) is 0 Å². The van der Waals surface area contributed by atoms with Gasteiger partial charge in [-0.05, 0) is 49.9 Å². The Morgan fingerprint density at radius 2 is 1.44 bits per heavy atom. The van der Waals surface area contributed by atoms with Gasteiger partial charge < -0.3 is 14.9 Å². The van der Waals surface area contributed by atoms with Crippen LogP contribution in [-0.2, 0) is 9.53 Å². The number of ether oxygens (including phenoxy) is 1. The molecule has 0 aromatic heterocycles. The summed E-state index contributed by atoms with van der Waals surface area (Å²) < 4.78 is 5.39. The number of unbranched alkanes of at least 4 members (excludes halogenated alkanes) is 12. The largest absolute Gasteiger partial charge is 0.464 e. The molecule has 5 atom stereocenters. The molecule has 0 aromatic carbocycles. The lowest BCUT2D eigenvalue weighted by molar-refractivity contribution is -0.148. The fourth-order valence-electron chi connectivity index (χ4n) is 6.42. The van der Waals surface area contributed by atoms with Crippen LogP contribution in [0.2, 0.25) is 0 Å². The van der Waals surface area contributed by atoms with Crippen LogP contribution in [0.3, 0.4) is 0 Å². The number of aliphatic hydroxyl groups is 2. The monoisotopic (exact) mass is 507 g/mol. The first-order valence-corrected chi connectivity index (χ1v) is 15.3. The molecule has 0 heterocycles. The van der Waals surface area contributed by atoms with Gasteiger partial charge in [-0.15, -0.1) is 0 Å². The van der Waals surface area contributed by atoms with E-state index in [4.69, 9.17) is 9.73 Å². The van der Waals surface area contributed by atoms with E-state index >= 15 is 0 Å². The highest BCUT2D eigenvalue weighted by Crippen LogP contribution is 2.61. The van der Waals surface area contributed by atoms with E-state index in [1.165, 1.54) is 70.6 Å². The zero-order chi connectivity index (χ0) is 26.6. The molecule has 2 bridgehead atoms. The van der Waals surface area contributed by atoms with Gasteiger partial charge in [-0.25, -0.2) is 4.79 Å². The van der Waals surface area contributed by atoms with Gasteiger partial charge in [0.15, 0.2) is 6.04 Å². The van der Waals surface area contributed by atoms with E-state index in [2.05, 4.69) is 20.8 Å². The normalized spacial score (nSPS) is 27.5. The van der Waals surface area contributed by atoms with E-state index in [1.807, 2.05) is 13.8 Å². The predicted molar refractivity (Wildman–Crippen MR) is 149 cm³/mol. The van der Waals surface area contributed by atoms with Gasteiger partial charge in [0.2, 0.25) is 0 Å². The van der Waals surface area contributed by atoms with Crippen LogP contribution in [0.5, 0.6) is 0 Å². The average Bonchev–Trinajstić information content (AvgIpc) is 2.83. The number of carbonyl (C=O) groups is 1. The Balaban J connectivity index is 1.74. The third kappa shape index (κ3) is 8.82. The Morgan fingerprint density at radius 1 is 0.917 bits per heavy atom. The summed E-state index contributed by atoms with van der Waals surface area (Å²) in [5, 5.41) is 22.2. The lowest BCUT2D eigenvalue weighted by Gasteiger charge is -2.62. The van der Waals surface area contributed by atoms with Crippen molar-refractivity contribution in [2.24, 2.45) is 22.2 Å². The first kappa shape index (κ1) is 31.3. The van der Waals surface area contributed by atoms with Crippen LogP contribution >= 0.6 is 0 Å². The van der Waals surface area contributed by atoms with Crippen molar-refractivity contribution in [1.82, 2.24) is 0 Å². The molecule has 0 aliphatic heterocycles. The smallest absolute Gasteiger partial charge is 0.333 e. The Kier molecular flexibility index (Phi) is 13.4. The number of hydrogen-bond acceptors (Lipinski definition) is 5. The van der Waals surface area contributed by atoms with Crippen molar-refractivity contribution < 1.29 is 19.7 Å². The Hall–Kier alpha value is -0.940. The second kappa shape index (κ2) is 15.5. The van der Waals surface area contributed by atoms with Gasteiger partial charge in [0.05, 0.1) is 12.7 Å². The fraction of sp³-hybridized carbons (Fsp3) is 0.935. The van der Waals surface area contributed by atoms with Gasteiger partial charge >= 0.3 is 5.97 Å². The van der Waals surface area contributed by atoms with Gasteiger partial charge in [0.1, 0.15) is 5.60 Å². The van der Waals surface area contributed by atoms with Crippen molar-refractivity contribution >= 4 is 11.7 Å². The number of nitrogens with zero attached hydrogens (tertiary/aromatic N) is 1. The molecular formula is C31H57NO4. The summed E-state index contributed by atoms with van der Waals surface area (Å²) in [4.78, 5) is 17.5. The summed E-state index contributed by atoms with van der Waals surface area (Å²) in [6.07, 6.45) is 18.7. The molecular weight excluding hydrogens is 450 g/mol. The molecule has 3 aliphatic carbocycles. The first-order chi connectivity index (χ1) is 17.2. The van der Waals surface area contributed by atoms with E-state index in [-0.39, 0.29) is 11.3 Å². The topological polar surface area (TPSA) is 79.1 Å². The highest BCUT2D eigenvalue weighted by Gasteiger charge is 2.61. The third-order valence-corrected chi connectivity index (χ3v) is 9.13. The zero-order valence-electron chi connectivity index (χ0n) is 24.2. The maximum atomic E-state index is 12.8. The standard InChI is InChI=1S/C31H57NO4/c1-6-8-9-10-11-12-13-14-15-16-17-18-19-20-25(33)28(29(34)36-21-7-2)32-27-23-24-22-26(30(24,3)4)31(27,5)35/h24-26,28,33,35H,6-23H2,1-5H3/t24-,25+,26-,28-,31-/m0/s1. The SMILES string of the molecule is CCCCCCCCCCCCCCC[C@@H](O)[C@H](N=C1C[C@@H]2C[C@@H](C2(C)C)[C@]1(C)O)C(=O)OCCC. The molecule has 36 heavy (non-hydrogen) atoms. The summed E-state index contributed by atoms with van der Waals surface area (Å²) >= 11 is 0. The molecule has 0 unspecified atom stereocenters. The van der Waals surface area contributed by atoms with Crippen molar-refractivity contribution in [1.29, 1.82) is 0 Å². The summed E-state index contributed by atoms with van der Waals surface area (Å²) in [7, 11) is 0. The van der Waals surface area contributed by atoms with Gasteiger partial charge in [-0.2, -0.15) is 0 Å². The number of aliphatic hydroxyl groups excluding tert-OH is 1. The molecule has 5 heteroatoms. The lowest BCUT2D eigenvalue weighted by atomic mass is 9.44. The molecule has 3 saturated carbocycles. The summed E-state index contributed by atoms with van der Waals surface area (Å²) in [5.74, 6) is 0.167. The van der Waals surface area contributed by atoms with E-state index in [0.29, 0.717) is 31.1 Å². The van der Waals surface area contributed by atoms with Gasteiger partial charge in [-0.3, -0.25) is 4.99 Å². The van der Waals surface area contributed by atoms with Crippen molar-refractivity contribution in [2.75, 3.05) is 6.61 Å². The van der Waals surface area contributed by atoms with Crippen molar-refractivity contribution in [2.45, 2.75) is 162 Å². The maximum absolute atomic E-state index is 12.8. The van der Waals surface area contributed by atoms with Crippen LogP contribution in [0.1, 0.15) is 144 Å². The average molecular weight is 508 g/mol. The molecule has 0 amide bonds. The Morgan fingerprint density at radius 3 is 1.92 bits per heavy atom. The highest BCUT2D eigenvalue weighted by molar-refractivity contribution is 5.96. The van der Waals surface area contributed by atoms with Crippen LogP contribution in [0.15, 0.2) is 4.99 Å². The Labute approximate surface area is 221 Å². The van der Waals surface area contributed by atoms with Crippen LogP contribution in [0.4, 0.5) is 0 Å². The number of fused-ring (bicyclic) bond motifs is 2. The third-order valence-electron chi connectivity index (χ3n) is 9.13. The molecule has 3 aliphatic rings. The minimum atomic E-state index is -1.03. The Bertz CT molecular complexity index is 671. The lowest BCUT2D eigenvalue weighted by Crippen LogP contribution is -2.65. The fourth-order valence-corrected chi connectivity index (χ4v) is 6.42. The van der Waals surface area contributed by atoms with E-state index in [9.17, 15) is 15.0 Å². The van der Waals surface area contributed by atoms with E-state index in [0.717, 1.165) is 25.7 Å². The molecule has 0 spiro atoms. The van der Waals surface area contributed by atoms with Crippen molar-refractivity contribution in [3.63, 3.8) is 0 Å². The summed E-state index contributed by atoms with van der Waals surface area (Å²) in [5.41, 5.74) is -0.268. The molecule has 0 saturated heterocycles. The molecule has 5 nitrogen and oxygen atoms in total. The van der Waals surface area contributed by atoms with Gasteiger partial charge in [0, 0.05) is 5.71 Å². The predicted octanol–water partition coefficient (Wildman–Crippen LogP) is 7.41. The molecule has 0 radical (unpaired) electrons. The molecule has 2 N–H and O–H groups in total. The van der Waals surface area contributed by atoms with Crippen LogP contribution in [0, 0.1) is 17.3 Å². The van der Waals surface area contributed by atoms with Crippen molar-refractivity contribution in [3.8, 4) is 0 Å². The van der Waals surface area contributed by atoms with E-state index in [1.54, 1.807) is 0 Å². The summed E-state index contributed by atoms with van der Waals surface area (Å²) in [6.45, 7) is 10.8. The molecule has 3 rings (SSSR count). The van der Waals surface area contributed by atoms with Crippen molar-refractivity contribution in [3.05, 3.63) is 0 Å². The molecule has 3 fully saturated rings. The number of aliphatic imine (C=N–C) groups is 1. The van der Waals surface area contributed by atoms with Crippen LogP contribution in [0.25, 0.3) is 0 Å². The quantitative estimate of drug-likeness (QED) is 0.141. The highest BCUT2D eigenvalue weighted by atomic mass is 16.5. The first-order valence-electron chi connectivity index (χ1n) is 15.3. The molecule has 210 valence electrons. The van der Waals surface area contributed by atoms with E-state index < -0.39 is 23.7 Å². The van der Waals surface area contributed by atoms with Crippen LogP contribution < -0.4 is 0 Å². The number of carbonyl (C=O) groups excluding carboxylic acids is 1. The second-order valence-electron chi connectivity index (χ2n) is 12.4. The number of esters is 1. The number of rotatable bonds is 19. The summed E-state index contributed by atoms with van der Waals surface area (Å²) in [6, 6.07) is -0.934. The van der Waals surface area contributed by atoms with Gasteiger partial charge in [-0.1, -0.05) is 111 Å². The van der Waals surface area contributed by atoms with Crippen LogP contribution in [-0.4, -0.2) is 46.2 Å². The zero-order valence-corrected chi connectivity index (χ0v) is 24.2. The molecule has 0 aromatic rings. The number of hydrogen-bond donors (Lipinski definition) is 2. The maximum Gasteiger partial charge on any atom is 0.333 e.